The average Bonchev–Trinajstić information content (AvgIpc) is 3.15. The minimum atomic E-state index is -0.701. The highest BCUT2D eigenvalue weighted by Crippen LogP contribution is 2.19. The van der Waals surface area contributed by atoms with E-state index in [1.807, 2.05) is 6.07 Å². The van der Waals surface area contributed by atoms with Gasteiger partial charge >= 0.3 is 0 Å². The Labute approximate surface area is 161 Å². The third-order valence-electron chi connectivity index (χ3n) is 4.17. The van der Waals surface area contributed by atoms with Crippen LogP contribution in [-0.4, -0.2) is 34.5 Å². The number of aryl methyl sites for hydroxylation is 1. The first-order valence-corrected chi connectivity index (χ1v) is 8.50. The number of hydrogen-bond donors (Lipinski definition) is 3. The Morgan fingerprint density at radius 1 is 1.00 bits per heavy atom. The number of nitrogens with two attached hydrogens (primary N) is 1. The number of aromatic nitrogens is 2. The molecule has 1 heterocycles. The summed E-state index contributed by atoms with van der Waals surface area (Å²) in [4.78, 5) is 36.3. The summed E-state index contributed by atoms with van der Waals surface area (Å²) in [5.74, 6) is -1.48. The van der Waals surface area contributed by atoms with Crippen LogP contribution in [0.25, 0.3) is 5.69 Å². The van der Waals surface area contributed by atoms with Gasteiger partial charge in [0.15, 0.2) is 5.69 Å². The third-order valence-corrected chi connectivity index (χ3v) is 4.17. The highest BCUT2D eigenvalue weighted by Gasteiger charge is 2.19. The third kappa shape index (κ3) is 3.75. The average molecular weight is 377 g/mol. The van der Waals surface area contributed by atoms with Gasteiger partial charge in [-0.1, -0.05) is 24.3 Å². The molecule has 0 bridgehead atoms. The first kappa shape index (κ1) is 18.8. The van der Waals surface area contributed by atoms with Crippen molar-refractivity contribution in [3.8, 4) is 5.69 Å². The smallest absolute Gasteiger partial charge is 0.276 e. The molecule has 3 rings (SSSR count). The molecule has 0 radical (unpaired) electrons. The molecular formula is C20H19N5O3. The maximum Gasteiger partial charge on any atom is 0.276 e. The molecule has 142 valence electrons. The minimum Gasteiger partial charge on any atom is -0.364 e. The monoisotopic (exact) mass is 377 g/mol. The lowest BCUT2D eigenvalue weighted by molar-refractivity contribution is 0.0960. The van der Waals surface area contributed by atoms with Gasteiger partial charge in [-0.15, -0.1) is 0 Å². The van der Waals surface area contributed by atoms with Gasteiger partial charge in [0, 0.05) is 24.4 Å². The zero-order chi connectivity index (χ0) is 20.3. The van der Waals surface area contributed by atoms with Gasteiger partial charge in [0.2, 0.25) is 0 Å². The predicted octanol–water partition coefficient (Wildman–Crippen LogP) is 1.89. The minimum absolute atomic E-state index is 0.0300. The SMILES string of the molecule is CNC(=O)c1ccc(C)c(NC(=O)c2cc(C(N)=O)n(-c3ccccc3)n2)c1. The molecule has 0 fully saturated rings. The Hall–Kier alpha value is -3.94. The van der Waals surface area contributed by atoms with E-state index < -0.39 is 11.8 Å². The number of para-hydroxylation sites is 1. The number of nitrogens with one attached hydrogen (secondary N) is 2. The van der Waals surface area contributed by atoms with Crippen molar-refractivity contribution in [2.24, 2.45) is 5.73 Å². The van der Waals surface area contributed by atoms with Crippen LogP contribution in [0.15, 0.2) is 54.6 Å². The number of rotatable bonds is 5. The van der Waals surface area contributed by atoms with Gasteiger partial charge in [-0.2, -0.15) is 5.10 Å². The number of anilines is 1. The predicted molar refractivity (Wildman–Crippen MR) is 105 cm³/mol. The second kappa shape index (κ2) is 7.75. The van der Waals surface area contributed by atoms with E-state index in [2.05, 4.69) is 15.7 Å². The lowest BCUT2D eigenvalue weighted by Gasteiger charge is -2.09. The summed E-state index contributed by atoms with van der Waals surface area (Å²) < 4.78 is 1.32. The van der Waals surface area contributed by atoms with Gasteiger partial charge in [-0.3, -0.25) is 14.4 Å². The highest BCUT2D eigenvalue weighted by atomic mass is 16.2. The van der Waals surface area contributed by atoms with Crippen LogP contribution in [0.3, 0.4) is 0 Å². The molecule has 0 aliphatic carbocycles. The molecule has 0 aliphatic heterocycles. The van der Waals surface area contributed by atoms with Crippen LogP contribution < -0.4 is 16.4 Å². The molecule has 0 atom stereocenters. The summed E-state index contributed by atoms with van der Waals surface area (Å²) in [6.07, 6.45) is 0. The van der Waals surface area contributed by atoms with Crippen molar-refractivity contribution < 1.29 is 14.4 Å². The van der Waals surface area contributed by atoms with E-state index in [0.717, 1.165) is 5.56 Å². The summed E-state index contributed by atoms with van der Waals surface area (Å²) >= 11 is 0. The fourth-order valence-corrected chi connectivity index (χ4v) is 2.66. The first-order chi connectivity index (χ1) is 13.4. The molecule has 28 heavy (non-hydrogen) atoms. The Kier molecular flexibility index (Phi) is 5.21. The van der Waals surface area contributed by atoms with E-state index in [4.69, 9.17) is 5.73 Å². The summed E-state index contributed by atoms with van der Waals surface area (Å²) in [7, 11) is 1.53. The van der Waals surface area contributed by atoms with E-state index in [1.54, 1.807) is 49.4 Å². The van der Waals surface area contributed by atoms with Crippen molar-refractivity contribution in [3.05, 3.63) is 77.1 Å². The number of primary amides is 1. The molecule has 8 nitrogen and oxygen atoms in total. The zero-order valence-electron chi connectivity index (χ0n) is 15.4. The van der Waals surface area contributed by atoms with Crippen LogP contribution >= 0.6 is 0 Å². The number of amides is 3. The van der Waals surface area contributed by atoms with Crippen LogP contribution in [0.5, 0.6) is 0 Å². The summed E-state index contributed by atoms with van der Waals surface area (Å²) in [5.41, 5.74) is 7.82. The lowest BCUT2D eigenvalue weighted by atomic mass is 10.1. The number of carbonyl (C=O) groups is 3. The maximum absolute atomic E-state index is 12.7. The van der Waals surface area contributed by atoms with E-state index in [1.165, 1.54) is 17.8 Å². The highest BCUT2D eigenvalue weighted by molar-refractivity contribution is 6.06. The zero-order valence-corrected chi connectivity index (χ0v) is 15.4. The standard InChI is InChI=1S/C20H19N5O3/c1-12-8-9-13(19(27)22-2)10-15(12)23-20(28)16-11-17(18(21)26)25(24-16)14-6-4-3-5-7-14/h3-11H,1-2H3,(H2,21,26)(H,22,27)(H,23,28). The van der Waals surface area contributed by atoms with Crippen molar-refractivity contribution in [1.82, 2.24) is 15.1 Å². The number of carbonyl (C=O) groups excluding carboxylic acids is 3. The van der Waals surface area contributed by atoms with Crippen molar-refractivity contribution in [2.75, 3.05) is 12.4 Å². The Balaban J connectivity index is 1.94. The van der Waals surface area contributed by atoms with Gasteiger partial charge in [-0.05, 0) is 36.8 Å². The first-order valence-electron chi connectivity index (χ1n) is 8.50. The molecule has 0 aliphatic rings. The van der Waals surface area contributed by atoms with Crippen molar-refractivity contribution >= 4 is 23.4 Å². The molecule has 2 aromatic carbocycles. The summed E-state index contributed by atoms with van der Waals surface area (Å²) in [6.45, 7) is 1.81. The van der Waals surface area contributed by atoms with Crippen molar-refractivity contribution in [3.63, 3.8) is 0 Å². The molecule has 0 spiro atoms. The Bertz CT molecular complexity index is 1060. The van der Waals surface area contributed by atoms with Crippen LogP contribution in [0.2, 0.25) is 0 Å². The van der Waals surface area contributed by atoms with Gasteiger partial charge in [0.1, 0.15) is 5.69 Å². The van der Waals surface area contributed by atoms with Crippen LogP contribution in [0.1, 0.15) is 36.9 Å². The second-order valence-electron chi connectivity index (χ2n) is 6.09. The van der Waals surface area contributed by atoms with Crippen molar-refractivity contribution in [1.29, 1.82) is 0 Å². The van der Waals surface area contributed by atoms with E-state index >= 15 is 0 Å². The van der Waals surface area contributed by atoms with Crippen LogP contribution in [0, 0.1) is 6.92 Å². The Morgan fingerprint density at radius 3 is 2.36 bits per heavy atom. The number of hydrogen-bond acceptors (Lipinski definition) is 4. The van der Waals surface area contributed by atoms with Gasteiger partial charge in [-0.25, -0.2) is 4.68 Å². The molecule has 0 saturated carbocycles. The molecule has 3 amide bonds. The lowest BCUT2D eigenvalue weighted by Crippen LogP contribution is -2.19. The molecule has 3 aromatic rings. The molecule has 0 saturated heterocycles. The van der Waals surface area contributed by atoms with Crippen molar-refractivity contribution in [2.45, 2.75) is 6.92 Å². The maximum atomic E-state index is 12.7. The largest absolute Gasteiger partial charge is 0.364 e. The fourth-order valence-electron chi connectivity index (χ4n) is 2.66. The van der Waals surface area contributed by atoms with E-state index in [0.29, 0.717) is 16.9 Å². The van der Waals surface area contributed by atoms with E-state index in [-0.39, 0.29) is 17.3 Å². The Morgan fingerprint density at radius 2 is 1.71 bits per heavy atom. The summed E-state index contributed by atoms with van der Waals surface area (Å²) in [6, 6.07) is 15.2. The fraction of sp³-hybridized carbons (Fsp3) is 0.100. The van der Waals surface area contributed by atoms with Gasteiger partial charge in [0.25, 0.3) is 17.7 Å². The second-order valence-corrected chi connectivity index (χ2v) is 6.09. The van der Waals surface area contributed by atoms with Gasteiger partial charge < -0.3 is 16.4 Å². The number of nitrogens with zero attached hydrogens (tertiary/aromatic N) is 2. The molecule has 1 aromatic heterocycles. The van der Waals surface area contributed by atoms with Gasteiger partial charge in [0.05, 0.1) is 5.69 Å². The summed E-state index contributed by atoms with van der Waals surface area (Å²) in [5, 5.41) is 9.49. The number of benzene rings is 2. The van der Waals surface area contributed by atoms with Crippen LogP contribution in [0.4, 0.5) is 5.69 Å². The van der Waals surface area contributed by atoms with E-state index in [9.17, 15) is 14.4 Å². The molecule has 8 heteroatoms. The molecule has 0 unspecified atom stereocenters. The normalized spacial score (nSPS) is 10.4. The van der Waals surface area contributed by atoms with Crippen LogP contribution in [-0.2, 0) is 0 Å². The molecule has 4 N–H and O–H groups in total. The molecular weight excluding hydrogens is 358 g/mol. The topological polar surface area (TPSA) is 119 Å². The quantitative estimate of drug-likeness (QED) is 0.629.